The number of carboxylic acid groups (broad SMARTS) is 1. The van der Waals surface area contributed by atoms with Gasteiger partial charge < -0.3 is 20.3 Å². The molecule has 1 aromatic carbocycles. The van der Waals surface area contributed by atoms with Gasteiger partial charge in [-0.25, -0.2) is 4.79 Å². The summed E-state index contributed by atoms with van der Waals surface area (Å²) in [5.41, 5.74) is 1.97. The molecule has 10 nitrogen and oxygen atoms in total. The van der Waals surface area contributed by atoms with Crippen LogP contribution in [0.5, 0.6) is 5.88 Å². The summed E-state index contributed by atoms with van der Waals surface area (Å²) in [6.07, 6.45) is 0.0776. The van der Waals surface area contributed by atoms with Crippen LogP contribution < -0.4 is 5.32 Å². The normalized spacial score (nSPS) is 19.1. The van der Waals surface area contributed by atoms with Gasteiger partial charge in [0.1, 0.15) is 23.7 Å². The maximum absolute atomic E-state index is 12.7. The molecule has 0 spiro atoms. The molecule has 35 heavy (non-hydrogen) atoms. The molecule has 4 rings (SSSR count). The summed E-state index contributed by atoms with van der Waals surface area (Å²) in [6.45, 7) is 1.03. The van der Waals surface area contributed by atoms with Gasteiger partial charge >= 0.3 is 11.9 Å². The van der Waals surface area contributed by atoms with E-state index in [0.717, 1.165) is 20.4 Å². The Morgan fingerprint density at radius 2 is 1.97 bits per heavy atom. The number of β-lactam (4-membered cyclic amide) rings is 1. The van der Waals surface area contributed by atoms with E-state index in [1.807, 2.05) is 24.3 Å². The van der Waals surface area contributed by atoms with Crippen molar-refractivity contribution in [2.45, 2.75) is 34.9 Å². The highest BCUT2D eigenvalue weighted by Gasteiger charge is 2.54. The zero-order chi connectivity index (χ0) is 25.1. The van der Waals surface area contributed by atoms with Crippen LogP contribution in [-0.4, -0.2) is 67.6 Å². The van der Waals surface area contributed by atoms with Crippen LogP contribution in [0.25, 0.3) is 0 Å². The van der Waals surface area contributed by atoms with Crippen LogP contribution in [0.15, 0.2) is 45.3 Å². The maximum atomic E-state index is 12.7. The van der Waals surface area contributed by atoms with E-state index in [1.54, 1.807) is 5.38 Å². The highest BCUT2D eigenvalue weighted by atomic mass is 32.2. The first-order valence-corrected chi connectivity index (χ1v) is 13.3. The number of carbonyl (C=O) groups excluding carboxylic acids is 3. The molecule has 2 amide bonds. The van der Waals surface area contributed by atoms with E-state index in [4.69, 9.17) is 4.74 Å². The predicted molar refractivity (Wildman–Crippen MR) is 130 cm³/mol. The number of thioether (sulfide) groups is 2. The number of aliphatic carboxylic acids is 1. The van der Waals surface area contributed by atoms with Crippen molar-refractivity contribution in [3.63, 3.8) is 0 Å². The average Bonchev–Trinajstić information content (AvgIpc) is 3.24. The van der Waals surface area contributed by atoms with E-state index in [9.17, 15) is 29.4 Å². The van der Waals surface area contributed by atoms with Crippen LogP contribution in [0, 0.1) is 0 Å². The SMILES string of the molecule is CC(=O)OCC1=C(C(=O)O)N2C(=O)C(NC(=O)Cc3ccc(CSc4nc(O)cs4)cc3)C2SC1. The lowest BCUT2D eigenvalue weighted by atomic mass is 10.0. The van der Waals surface area contributed by atoms with E-state index in [2.05, 4.69) is 10.3 Å². The number of thiazole rings is 1. The molecule has 2 aliphatic heterocycles. The lowest BCUT2D eigenvalue weighted by molar-refractivity contribution is -0.151. The summed E-state index contributed by atoms with van der Waals surface area (Å²) in [5.74, 6) is -1.71. The van der Waals surface area contributed by atoms with Crippen LogP contribution >= 0.6 is 34.9 Å². The second-order valence-electron chi connectivity index (χ2n) is 7.75. The van der Waals surface area contributed by atoms with Crippen molar-refractivity contribution in [3.8, 4) is 5.88 Å². The molecule has 0 aliphatic carbocycles. The van der Waals surface area contributed by atoms with Gasteiger partial charge in [-0.05, 0) is 11.1 Å². The summed E-state index contributed by atoms with van der Waals surface area (Å²) in [5, 5.41) is 22.7. The van der Waals surface area contributed by atoms with Crippen LogP contribution in [0.2, 0.25) is 0 Å². The third-order valence-electron chi connectivity index (χ3n) is 5.24. The second-order valence-corrected chi connectivity index (χ2v) is 10.9. The van der Waals surface area contributed by atoms with E-state index < -0.39 is 29.3 Å². The minimum absolute atomic E-state index is 0.0104. The molecule has 1 fully saturated rings. The molecule has 1 aromatic heterocycles. The van der Waals surface area contributed by atoms with E-state index in [0.29, 0.717) is 11.3 Å². The first-order valence-electron chi connectivity index (χ1n) is 10.4. The van der Waals surface area contributed by atoms with Crippen LogP contribution in [0.1, 0.15) is 18.1 Å². The number of ether oxygens (including phenoxy) is 1. The number of esters is 1. The minimum Gasteiger partial charge on any atom is -0.493 e. The van der Waals surface area contributed by atoms with Gasteiger partial charge in [-0.3, -0.25) is 19.3 Å². The number of hydrogen-bond acceptors (Lipinski definition) is 10. The Hall–Kier alpha value is -3.03. The van der Waals surface area contributed by atoms with Gasteiger partial charge in [-0.2, -0.15) is 4.98 Å². The van der Waals surface area contributed by atoms with Gasteiger partial charge in [0.15, 0.2) is 4.34 Å². The van der Waals surface area contributed by atoms with Crippen molar-refractivity contribution >= 4 is 58.6 Å². The van der Waals surface area contributed by atoms with Crippen LogP contribution in [0.3, 0.4) is 0 Å². The van der Waals surface area contributed by atoms with Crippen molar-refractivity contribution < 1.29 is 34.1 Å². The number of nitrogens with one attached hydrogen (secondary N) is 1. The van der Waals surface area contributed by atoms with Gasteiger partial charge in [0.05, 0.1) is 11.8 Å². The van der Waals surface area contributed by atoms with Gasteiger partial charge in [0.2, 0.25) is 11.8 Å². The fourth-order valence-electron chi connectivity index (χ4n) is 3.61. The number of aromatic nitrogens is 1. The van der Waals surface area contributed by atoms with Crippen molar-refractivity contribution in [2.75, 3.05) is 12.4 Å². The summed E-state index contributed by atoms with van der Waals surface area (Å²) in [7, 11) is 0. The number of amides is 2. The highest BCUT2D eigenvalue weighted by Crippen LogP contribution is 2.40. The largest absolute Gasteiger partial charge is 0.493 e. The molecule has 1 saturated heterocycles. The van der Waals surface area contributed by atoms with Crippen LogP contribution in [0.4, 0.5) is 0 Å². The molecule has 3 N–H and O–H groups in total. The molecule has 2 atom stereocenters. The number of hydrogen-bond donors (Lipinski definition) is 3. The van der Waals surface area contributed by atoms with Gasteiger partial charge in [-0.1, -0.05) is 36.0 Å². The molecule has 2 aliphatic rings. The average molecular weight is 536 g/mol. The molecule has 0 bridgehead atoms. The first kappa shape index (κ1) is 25.1. The first-order chi connectivity index (χ1) is 16.7. The number of carboxylic acids is 1. The lowest BCUT2D eigenvalue weighted by Crippen LogP contribution is -2.70. The minimum atomic E-state index is -1.28. The number of nitrogens with zero attached hydrogens (tertiary/aromatic N) is 2. The summed E-state index contributed by atoms with van der Waals surface area (Å²) < 4.78 is 5.68. The Morgan fingerprint density at radius 1 is 1.26 bits per heavy atom. The Bertz CT molecular complexity index is 1200. The molecule has 13 heteroatoms. The maximum Gasteiger partial charge on any atom is 0.352 e. The molecular formula is C22H21N3O7S3. The Balaban J connectivity index is 1.32. The molecule has 2 aromatic rings. The Labute approximate surface area is 212 Å². The Kier molecular flexibility index (Phi) is 7.67. The zero-order valence-corrected chi connectivity index (χ0v) is 20.9. The van der Waals surface area contributed by atoms with Crippen molar-refractivity contribution in [1.82, 2.24) is 15.2 Å². The number of carbonyl (C=O) groups is 4. The third-order valence-corrected chi connectivity index (χ3v) is 8.66. The van der Waals surface area contributed by atoms with Crippen molar-refractivity contribution in [3.05, 3.63) is 52.0 Å². The fourth-order valence-corrected chi connectivity index (χ4v) is 6.57. The monoisotopic (exact) mass is 535 g/mol. The van der Waals surface area contributed by atoms with E-state index >= 15 is 0 Å². The number of rotatable bonds is 9. The van der Waals surface area contributed by atoms with Crippen molar-refractivity contribution in [2.24, 2.45) is 0 Å². The quantitative estimate of drug-likeness (QED) is 0.247. The summed E-state index contributed by atoms with van der Waals surface area (Å²) in [4.78, 5) is 53.3. The smallest absolute Gasteiger partial charge is 0.352 e. The standard InChI is InChI=1S/C22H21N3O7S3/c1-11(26)32-7-14-9-33-20-17(19(29)25(20)18(14)21(30)31)23-15(27)6-12-2-4-13(5-3-12)8-34-22-24-16(28)10-35-22/h2-5,10,17,20,28H,6-9H2,1H3,(H,23,27)(H,30,31). The van der Waals surface area contributed by atoms with Crippen molar-refractivity contribution in [1.29, 1.82) is 0 Å². The van der Waals surface area contributed by atoms with Gasteiger partial charge in [0.25, 0.3) is 5.91 Å². The Morgan fingerprint density at radius 3 is 2.60 bits per heavy atom. The molecule has 0 radical (unpaired) electrons. The lowest BCUT2D eigenvalue weighted by Gasteiger charge is -2.49. The molecule has 184 valence electrons. The summed E-state index contributed by atoms with van der Waals surface area (Å²) >= 11 is 4.19. The zero-order valence-electron chi connectivity index (χ0n) is 18.4. The number of aromatic hydroxyl groups is 1. The van der Waals surface area contributed by atoms with Gasteiger partial charge in [0, 0.05) is 24.0 Å². The van der Waals surface area contributed by atoms with E-state index in [-0.39, 0.29) is 36.3 Å². The fraction of sp³-hybridized carbons (Fsp3) is 0.318. The predicted octanol–water partition coefficient (Wildman–Crippen LogP) is 1.99. The molecule has 3 heterocycles. The molecule has 2 unspecified atom stereocenters. The highest BCUT2D eigenvalue weighted by molar-refractivity contribution is 8.00. The van der Waals surface area contributed by atoms with Gasteiger partial charge in [-0.15, -0.1) is 23.1 Å². The topological polar surface area (TPSA) is 146 Å². The van der Waals surface area contributed by atoms with E-state index in [1.165, 1.54) is 41.8 Å². The summed E-state index contributed by atoms with van der Waals surface area (Å²) in [6, 6.07) is 6.68. The third kappa shape index (κ3) is 5.80. The molecular weight excluding hydrogens is 514 g/mol. The molecule has 0 saturated carbocycles. The number of benzene rings is 1. The second kappa shape index (κ2) is 10.7. The number of fused-ring (bicyclic) bond motifs is 1. The van der Waals surface area contributed by atoms with Crippen LogP contribution in [-0.2, 0) is 36.1 Å².